The van der Waals surface area contributed by atoms with E-state index in [4.69, 9.17) is 11.6 Å². The summed E-state index contributed by atoms with van der Waals surface area (Å²) in [5.74, 6) is 0. The number of unbranched alkanes of at least 4 members (excludes halogenated alkanes) is 1. The van der Waals surface area contributed by atoms with E-state index in [0.717, 1.165) is 59.9 Å². The molecule has 3 aromatic heterocycles. The third kappa shape index (κ3) is 3.26. The molecule has 29 heavy (non-hydrogen) atoms. The molecule has 1 fully saturated rings. The molecule has 7 heteroatoms. The summed E-state index contributed by atoms with van der Waals surface area (Å²) in [6.07, 6.45) is 7.26. The first-order chi connectivity index (χ1) is 14.2. The summed E-state index contributed by atoms with van der Waals surface area (Å²) in [5.41, 5.74) is 4.01. The highest BCUT2D eigenvalue weighted by Gasteiger charge is 2.29. The van der Waals surface area contributed by atoms with Gasteiger partial charge in [-0.05, 0) is 56.0 Å². The van der Waals surface area contributed by atoms with Gasteiger partial charge in [0.2, 0.25) is 0 Å². The number of aromatic nitrogens is 4. The Bertz CT molecular complexity index is 1250. The molecule has 0 spiro atoms. The van der Waals surface area contributed by atoms with Crippen LogP contribution in [0.4, 0.5) is 0 Å². The van der Waals surface area contributed by atoms with E-state index in [2.05, 4.69) is 15.6 Å². The molecule has 1 saturated carbocycles. The number of nitrogens with zero attached hydrogens (tertiary/aromatic N) is 4. The van der Waals surface area contributed by atoms with E-state index in [0.29, 0.717) is 17.6 Å². The van der Waals surface area contributed by atoms with Crippen molar-refractivity contribution in [1.82, 2.24) is 18.7 Å². The summed E-state index contributed by atoms with van der Waals surface area (Å²) in [4.78, 5) is 17.5. The van der Waals surface area contributed by atoms with Gasteiger partial charge in [-0.3, -0.25) is 14.1 Å². The Balaban J connectivity index is 1.63. The highest BCUT2D eigenvalue weighted by Crippen LogP contribution is 2.36. The number of halogens is 1. The van der Waals surface area contributed by atoms with Gasteiger partial charge in [0.25, 0.3) is 0 Å². The summed E-state index contributed by atoms with van der Waals surface area (Å²) in [5, 5.41) is 10.9. The molecule has 1 aliphatic rings. The summed E-state index contributed by atoms with van der Waals surface area (Å²) in [6, 6.07) is 10.2. The van der Waals surface area contributed by atoms with Crippen molar-refractivity contribution in [2.45, 2.75) is 44.8 Å². The van der Waals surface area contributed by atoms with Gasteiger partial charge in [0.15, 0.2) is 0 Å². The van der Waals surface area contributed by atoms with E-state index in [1.54, 1.807) is 12.4 Å². The topological polar surface area (TPSA) is 65.0 Å². The van der Waals surface area contributed by atoms with Crippen LogP contribution in [-0.2, 0) is 13.1 Å². The first-order valence-corrected chi connectivity index (χ1v) is 10.5. The third-order valence-electron chi connectivity index (χ3n) is 5.74. The maximum atomic E-state index is 13.2. The maximum absolute atomic E-state index is 13.2. The highest BCUT2D eigenvalue weighted by molar-refractivity contribution is 6.31. The summed E-state index contributed by atoms with van der Waals surface area (Å²) in [6.45, 7) is 1.45. The number of pyridine rings is 1. The van der Waals surface area contributed by atoms with E-state index in [9.17, 15) is 9.90 Å². The van der Waals surface area contributed by atoms with Gasteiger partial charge in [-0.2, -0.15) is 0 Å². The van der Waals surface area contributed by atoms with Crippen LogP contribution in [0.25, 0.3) is 21.9 Å². The zero-order chi connectivity index (χ0) is 20.0. The average Bonchev–Trinajstić information content (AvgIpc) is 3.44. The highest BCUT2D eigenvalue weighted by atomic mass is 35.5. The molecule has 1 N–H and O–H groups in total. The molecule has 1 aliphatic carbocycles. The minimum Gasteiger partial charge on any atom is -0.396 e. The Labute approximate surface area is 173 Å². The molecule has 0 saturated heterocycles. The lowest BCUT2D eigenvalue weighted by atomic mass is 10.2. The van der Waals surface area contributed by atoms with E-state index < -0.39 is 0 Å². The van der Waals surface area contributed by atoms with Crippen LogP contribution in [0.3, 0.4) is 0 Å². The van der Waals surface area contributed by atoms with Crippen molar-refractivity contribution in [2.24, 2.45) is 0 Å². The summed E-state index contributed by atoms with van der Waals surface area (Å²) < 4.78 is 6.00. The van der Waals surface area contributed by atoms with Crippen molar-refractivity contribution >= 4 is 33.5 Å². The number of aryl methyl sites for hydroxylation is 1. The van der Waals surface area contributed by atoms with E-state index in [1.807, 2.05) is 33.4 Å². The normalized spacial score (nSPS) is 14.3. The molecule has 0 unspecified atom stereocenters. The molecule has 4 aromatic rings. The van der Waals surface area contributed by atoms with Gasteiger partial charge >= 0.3 is 5.69 Å². The third-order valence-corrected chi connectivity index (χ3v) is 5.97. The smallest absolute Gasteiger partial charge is 0.329 e. The number of hydrogen-bond donors (Lipinski definition) is 1. The standard InChI is InChI=1S/C22H23ClN4O2/c23-16-3-6-19-15(11-16)12-18(25(19)9-1-2-10-28)14-26-21-13-24-8-7-20(21)27(22(26)29)17-4-5-17/h3,6-8,11-13,17,28H,1-2,4-5,9-10,14H2. The number of hydrogen-bond acceptors (Lipinski definition) is 3. The van der Waals surface area contributed by atoms with Gasteiger partial charge in [-0.15, -0.1) is 0 Å². The quantitative estimate of drug-likeness (QED) is 0.469. The van der Waals surface area contributed by atoms with Gasteiger partial charge < -0.3 is 9.67 Å². The molecule has 150 valence electrons. The van der Waals surface area contributed by atoms with Crippen LogP contribution >= 0.6 is 11.6 Å². The van der Waals surface area contributed by atoms with Crippen molar-refractivity contribution in [3.05, 3.63) is 63.9 Å². The van der Waals surface area contributed by atoms with Crippen molar-refractivity contribution in [1.29, 1.82) is 0 Å². The van der Waals surface area contributed by atoms with Gasteiger partial charge in [-0.1, -0.05) is 11.6 Å². The van der Waals surface area contributed by atoms with E-state index in [1.165, 1.54) is 0 Å². The number of aliphatic hydroxyl groups excluding tert-OH is 1. The Hall–Kier alpha value is -2.57. The number of imidazole rings is 1. The zero-order valence-corrected chi connectivity index (χ0v) is 16.8. The van der Waals surface area contributed by atoms with Crippen LogP contribution in [0.2, 0.25) is 5.02 Å². The lowest BCUT2D eigenvalue weighted by Gasteiger charge is -2.11. The summed E-state index contributed by atoms with van der Waals surface area (Å²) in [7, 11) is 0. The lowest BCUT2D eigenvalue weighted by molar-refractivity contribution is 0.281. The van der Waals surface area contributed by atoms with Crippen LogP contribution in [0.15, 0.2) is 47.5 Å². The molecule has 0 amide bonds. The van der Waals surface area contributed by atoms with Crippen LogP contribution in [0.5, 0.6) is 0 Å². The monoisotopic (exact) mass is 410 g/mol. The molecule has 0 atom stereocenters. The second kappa shape index (κ2) is 7.35. The van der Waals surface area contributed by atoms with Crippen LogP contribution in [0, 0.1) is 0 Å². The first kappa shape index (κ1) is 18.5. The van der Waals surface area contributed by atoms with Crippen molar-refractivity contribution < 1.29 is 5.11 Å². The van der Waals surface area contributed by atoms with E-state index in [-0.39, 0.29) is 12.3 Å². The zero-order valence-electron chi connectivity index (χ0n) is 16.1. The average molecular weight is 411 g/mol. The minimum atomic E-state index is 0.0284. The number of fused-ring (bicyclic) bond motifs is 2. The Kier molecular flexibility index (Phi) is 4.68. The fourth-order valence-electron chi connectivity index (χ4n) is 4.20. The molecular formula is C22H23ClN4O2. The Morgan fingerprint density at radius 1 is 1.07 bits per heavy atom. The van der Waals surface area contributed by atoms with Crippen molar-refractivity contribution in [3.8, 4) is 0 Å². The molecule has 6 nitrogen and oxygen atoms in total. The fraction of sp³-hybridized carbons (Fsp3) is 0.364. The van der Waals surface area contributed by atoms with E-state index >= 15 is 0 Å². The van der Waals surface area contributed by atoms with Crippen molar-refractivity contribution in [2.75, 3.05) is 6.61 Å². The second-order valence-electron chi connectivity index (χ2n) is 7.76. The Morgan fingerprint density at radius 2 is 1.93 bits per heavy atom. The molecule has 1 aromatic carbocycles. The fourth-order valence-corrected chi connectivity index (χ4v) is 4.38. The van der Waals surface area contributed by atoms with Gasteiger partial charge in [0.1, 0.15) is 0 Å². The Morgan fingerprint density at radius 3 is 2.72 bits per heavy atom. The van der Waals surface area contributed by atoms with Crippen LogP contribution in [0.1, 0.15) is 37.4 Å². The number of benzene rings is 1. The molecular weight excluding hydrogens is 388 g/mol. The first-order valence-electron chi connectivity index (χ1n) is 10.1. The number of aliphatic hydroxyl groups is 1. The lowest BCUT2D eigenvalue weighted by Crippen LogP contribution is -2.25. The molecule has 0 aliphatic heterocycles. The predicted octanol–water partition coefficient (Wildman–Crippen LogP) is 3.96. The molecule has 0 bridgehead atoms. The van der Waals surface area contributed by atoms with Gasteiger partial charge in [0, 0.05) is 47.0 Å². The predicted molar refractivity (Wildman–Crippen MR) is 115 cm³/mol. The number of rotatable bonds is 7. The second-order valence-corrected chi connectivity index (χ2v) is 8.19. The van der Waals surface area contributed by atoms with Gasteiger partial charge in [-0.25, -0.2) is 4.79 Å². The minimum absolute atomic E-state index is 0.0284. The van der Waals surface area contributed by atoms with Crippen LogP contribution < -0.4 is 5.69 Å². The van der Waals surface area contributed by atoms with Gasteiger partial charge in [0.05, 0.1) is 23.8 Å². The maximum Gasteiger partial charge on any atom is 0.329 e. The molecule has 5 rings (SSSR count). The SMILES string of the molecule is O=c1n(Cc2cc3cc(Cl)ccc3n2CCCCO)c2cnccc2n1C1CC1. The van der Waals surface area contributed by atoms with Crippen LogP contribution in [-0.4, -0.2) is 30.4 Å². The largest absolute Gasteiger partial charge is 0.396 e. The molecule has 0 radical (unpaired) electrons. The molecule has 3 heterocycles. The summed E-state index contributed by atoms with van der Waals surface area (Å²) >= 11 is 6.21. The van der Waals surface area contributed by atoms with Crippen molar-refractivity contribution in [3.63, 3.8) is 0 Å².